The van der Waals surface area contributed by atoms with Crippen molar-refractivity contribution in [1.82, 2.24) is 10.4 Å². The number of nitrogens with one attached hydrogen (secondary N) is 1. The highest BCUT2D eigenvalue weighted by Gasteiger charge is 2.31. The van der Waals surface area contributed by atoms with Gasteiger partial charge in [-0.3, -0.25) is 9.80 Å². The van der Waals surface area contributed by atoms with Gasteiger partial charge in [-0.25, -0.2) is 5.43 Å². The Labute approximate surface area is 119 Å². The van der Waals surface area contributed by atoms with Gasteiger partial charge in [-0.1, -0.05) is 30.7 Å². The van der Waals surface area contributed by atoms with Crippen molar-refractivity contribution in [2.45, 2.75) is 45.1 Å². The highest BCUT2D eigenvalue weighted by molar-refractivity contribution is 6.34. The van der Waals surface area contributed by atoms with E-state index in [-0.39, 0.29) is 11.9 Å². The second kappa shape index (κ2) is 5.93. The Morgan fingerprint density at radius 2 is 2.21 bits per heavy atom. The van der Waals surface area contributed by atoms with Gasteiger partial charge in [0, 0.05) is 13.1 Å². The van der Waals surface area contributed by atoms with Crippen LogP contribution in [0.25, 0.3) is 0 Å². The summed E-state index contributed by atoms with van der Waals surface area (Å²) in [6, 6.07) is 5.90. The first-order chi connectivity index (χ1) is 9.10. The normalized spacial score (nSPS) is 16.2. The summed E-state index contributed by atoms with van der Waals surface area (Å²) < 4.78 is 0. The lowest BCUT2D eigenvalue weighted by atomic mass is 10.0. The number of carbonyl (C=O) groups is 1. The zero-order valence-corrected chi connectivity index (χ0v) is 12.5. The van der Waals surface area contributed by atoms with Gasteiger partial charge in [-0.05, 0) is 43.7 Å². The first-order valence-electron chi connectivity index (χ1n) is 6.89. The van der Waals surface area contributed by atoms with Crippen molar-refractivity contribution >= 4 is 17.5 Å². The van der Waals surface area contributed by atoms with Crippen LogP contribution in [-0.4, -0.2) is 24.0 Å². The second-order valence-electron chi connectivity index (χ2n) is 5.13. The van der Waals surface area contributed by atoms with Gasteiger partial charge in [0.2, 0.25) is 0 Å². The molecule has 0 aliphatic heterocycles. The van der Waals surface area contributed by atoms with Crippen LogP contribution in [-0.2, 0) is 0 Å². The van der Waals surface area contributed by atoms with Gasteiger partial charge in [-0.15, -0.1) is 0 Å². The van der Waals surface area contributed by atoms with Crippen molar-refractivity contribution in [2.75, 3.05) is 7.05 Å². The quantitative estimate of drug-likeness (QED) is 0.836. The second-order valence-corrected chi connectivity index (χ2v) is 5.54. The van der Waals surface area contributed by atoms with Crippen molar-refractivity contribution in [3.8, 4) is 0 Å². The monoisotopic (exact) mass is 280 g/mol. The Balaban J connectivity index is 2.37. The lowest BCUT2D eigenvalue weighted by Gasteiger charge is -2.28. The molecule has 1 aliphatic rings. The standard InChI is InChI=1S/C15H21ClN2O/c1-4-10(2)18(17-3)15(19)14-12(11-8-9-11)6-5-7-13(14)16/h5-7,10-11,17H,4,8-9H2,1-3H3. The minimum absolute atomic E-state index is 0.0237. The van der Waals surface area contributed by atoms with E-state index in [4.69, 9.17) is 11.6 Å². The molecule has 1 aliphatic carbocycles. The van der Waals surface area contributed by atoms with Gasteiger partial charge in [-0.2, -0.15) is 0 Å². The molecule has 0 spiro atoms. The van der Waals surface area contributed by atoms with Gasteiger partial charge in [0.1, 0.15) is 0 Å². The molecule has 4 heteroatoms. The number of amides is 1. The van der Waals surface area contributed by atoms with Gasteiger partial charge in [0.15, 0.2) is 0 Å². The third-order valence-corrected chi connectivity index (χ3v) is 4.08. The van der Waals surface area contributed by atoms with Gasteiger partial charge in [0.05, 0.1) is 10.6 Å². The van der Waals surface area contributed by atoms with Crippen LogP contribution in [0, 0.1) is 0 Å². The molecule has 0 radical (unpaired) electrons. The van der Waals surface area contributed by atoms with Crippen molar-refractivity contribution < 1.29 is 4.79 Å². The Morgan fingerprint density at radius 3 is 2.74 bits per heavy atom. The Hall–Kier alpha value is -1.06. The van der Waals surface area contributed by atoms with Crippen LogP contribution in [0.4, 0.5) is 0 Å². The van der Waals surface area contributed by atoms with Gasteiger partial charge >= 0.3 is 0 Å². The third-order valence-electron chi connectivity index (χ3n) is 3.77. The lowest BCUT2D eigenvalue weighted by Crippen LogP contribution is -2.46. The zero-order valence-electron chi connectivity index (χ0n) is 11.7. The van der Waals surface area contributed by atoms with Crippen LogP contribution in [0.5, 0.6) is 0 Å². The molecule has 0 bridgehead atoms. The molecule has 1 saturated carbocycles. The van der Waals surface area contributed by atoms with Crippen LogP contribution < -0.4 is 5.43 Å². The van der Waals surface area contributed by atoms with E-state index in [9.17, 15) is 4.79 Å². The summed E-state index contributed by atoms with van der Waals surface area (Å²) >= 11 is 6.27. The van der Waals surface area contributed by atoms with Crippen LogP contribution in [0.1, 0.15) is 54.9 Å². The number of nitrogens with zero attached hydrogens (tertiary/aromatic N) is 1. The highest BCUT2D eigenvalue weighted by Crippen LogP contribution is 2.43. The zero-order chi connectivity index (χ0) is 14.0. The van der Waals surface area contributed by atoms with Crippen molar-refractivity contribution in [3.63, 3.8) is 0 Å². The summed E-state index contributed by atoms with van der Waals surface area (Å²) in [5, 5.41) is 2.23. The maximum atomic E-state index is 12.7. The molecule has 0 saturated heterocycles. The van der Waals surface area contributed by atoms with Crippen molar-refractivity contribution in [1.29, 1.82) is 0 Å². The molecule has 2 rings (SSSR count). The Kier molecular flexibility index (Phi) is 4.48. The molecular formula is C15H21ClN2O. The van der Waals surface area contributed by atoms with E-state index in [1.165, 1.54) is 0 Å². The average Bonchev–Trinajstić information content (AvgIpc) is 3.23. The summed E-state index contributed by atoms with van der Waals surface area (Å²) in [5.41, 5.74) is 4.76. The number of benzene rings is 1. The molecule has 1 aromatic rings. The van der Waals surface area contributed by atoms with Gasteiger partial charge in [0.25, 0.3) is 5.91 Å². The van der Waals surface area contributed by atoms with E-state index in [0.717, 1.165) is 24.8 Å². The Morgan fingerprint density at radius 1 is 1.53 bits per heavy atom. The number of hydrazine groups is 1. The predicted octanol–water partition coefficient (Wildman–Crippen LogP) is 3.59. The summed E-state index contributed by atoms with van der Waals surface area (Å²) in [4.78, 5) is 12.7. The van der Waals surface area contributed by atoms with Crippen LogP contribution in [0.2, 0.25) is 5.02 Å². The first kappa shape index (κ1) is 14.4. The lowest BCUT2D eigenvalue weighted by molar-refractivity contribution is 0.0587. The van der Waals surface area contributed by atoms with E-state index >= 15 is 0 Å². The molecule has 3 nitrogen and oxygen atoms in total. The molecule has 104 valence electrons. The number of halogens is 1. The number of hydrogen-bond acceptors (Lipinski definition) is 2. The van der Waals surface area contributed by atoms with Crippen LogP contribution in [0.3, 0.4) is 0 Å². The summed E-state index contributed by atoms with van der Waals surface area (Å²) in [5.74, 6) is 0.484. The number of carbonyl (C=O) groups excluding carboxylic acids is 1. The summed E-state index contributed by atoms with van der Waals surface area (Å²) in [6.45, 7) is 4.10. The van der Waals surface area contributed by atoms with E-state index < -0.39 is 0 Å². The topological polar surface area (TPSA) is 32.3 Å². The number of rotatable bonds is 5. The number of hydrogen-bond donors (Lipinski definition) is 1. The van der Waals surface area contributed by atoms with Crippen molar-refractivity contribution in [2.24, 2.45) is 0 Å². The smallest absolute Gasteiger partial charge is 0.270 e. The van der Waals surface area contributed by atoms with E-state index in [0.29, 0.717) is 16.5 Å². The van der Waals surface area contributed by atoms with Gasteiger partial charge < -0.3 is 0 Å². The van der Waals surface area contributed by atoms with Crippen LogP contribution in [0.15, 0.2) is 18.2 Å². The molecule has 1 aromatic carbocycles. The molecule has 0 aromatic heterocycles. The van der Waals surface area contributed by atoms with E-state index in [1.807, 2.05) is 19.1 Å². The largest absolute Gasteiger partial charge is 0.271 e. The fourth-order valence-corrected chi connectivity index (χ4v) is 2.59. The third kappa shape index (κ3) is 2.93. The maximum absolute atomic E-state index is 12.7. The molecule has 19 heavy (non-hydrogen) atoms. The SMILES string of the molecule is CCC(C)N(NC)C(=O)c1c(Cl)cccc1C1CC1. The molecule has 1 atom stereocenters. The predicted molar refractivity (Wildman–Crippen MR) is 78.4 cm³/mol. The Bertz CT molecular complexity index is 471. The maximum Gasteiger partial charge on any atom is 0.270 e. The van der Waals surface area contributed by atoms with Crippen LogP contribution >= 0.6 is 11.6 Å². The van der Waals surface area contributed by atoms with Crippen molar-refractivity contribution in [3.05, 3.63) is 34.3 Å². The van der Waals surface area contributed by atoms with E-state index in [2.05, 4.69) is 12.3 Å². The molecule has 1 unspecified atom stereocenters. The molecule has 1 fully saturated rings. The average molecular weight is 281 g/mol. The molecular weight excluding hydrogens is 260 g/mol. The molecule has 1 amide bonds. The van der Waals surface area contributed by atoms with E-state index in [1.54, 1.807) is 18.1 Å². The first-order valence-corrected chi connectivity index (χ1v) is 7.27. The minimum Gasteiger partial charge on any atom is -0.271 e. The minimum atomic E-state index is -0.0237. The molecule has 0 heterocycles. The molecule has 1 N–H and O–H groups in total. The highest BCUT2D eigenvalue weighted by atomic mass is 35.5. The fourth-order valence-electron chi connectivity index (χ4n) is 2.33. The summed E-state index contributed by atoms with van der Waals surface area (Å²) in [7, 11) is 1.78. The summed E-state index contributed by atoms with van der Waals surface area (Å²) in [6.07, 6.45) is 3.21. The fraction of sp³-hybridized carbons (Fsp3) is 0.533.